The van der Waals surface area contributed by atoms with Crippen molar-refractivity contribution in [3.8, 4) is 11.5 Å². The van der Waals surface area contributed by atoms with Crippen LogP contribution in [0.3, 0.4) is 0 Å². The highest BCUT2D eigenvalue weighted by molar-refractivity contribution is 5.94. The Kier molecular flexibility index (Phi) is 4.67. The van der Waals surface area contributed by atoms with Gasteiger partial charge in [0.2, 0.25) is 0 Å². The fourth-order valence-corrected chi connectivity index (χ4v) is 3.02. The van der Waals surface area contributed by atoms with E-state index in [2.05, 4.69) is 25.4 Å². The van der Waals surface area contributed by atoms with Crippen molar-refractivity contribution >= 4 is 16.8 Å². The molecule has 0 bridgehead atoms. The topological polar surface area (TPSA) is 106 Å². The van der Waals surface area contributed by atoms with Gasteiger partial charge >= 0.3 is 0 Å². The Labute approximate surface area is 160 Å². The number of aromatic nitrogens is 5. The third kappa shape index (κ3) is 3.27. The molecule has 28 heavy (non-hydrogen) atoms. The number of amides is 1. The normalized spacial score (nSPS) is 10.9. The molecule has 2 N–H and O–H groups in total. The minimum Gasteiger partial charge on any atom is -0.346 e. The molecule has 3 heterocycles. The Bertz CT molecular complexity index is 1200. The summed E-state index contributed by atoms with van der Waals surface area (Å²) in [6.07, 6.45) is 2.87. The number of fused-ring (bicyclic) bond motifs is 1. The van der Waals surface area contributed by atoms with E-state index in [9.17, 15) is 9.59 Å². The van der Waals surface area contributed by atoms with Crippen molar-refractivity contribution in [1.82, 2.24) is 30.0 Å². The zero-order chi connectivity index (χ0) is 19.5. The molecule has 0 saturated carbocycles. The Morgan fingerprint density at radius 3 is 2.71 bits per heavy atom. The number of benzene rings is 1. The van der Waals surface area contributed by atoms with Gasteiger partial charge in [0.25, 0.3) is 11.5 Å². The minimum atomic E-state index is -0.517. The SMILES string of the molecule is CCn1nc(CNC(=O)c2cnc(-c3ccccn3)[nH]c2=O)c2ccccc21. The van der Waals surface area contributed by atoms with E-state index in [-0.39, 0.29) is 12.1 Å². The van der Waals surface area contributed by atoms with Gasteiger partial charge in [0.05, 0.1) is 17.8 Å². The highest BCUT2D eigenvalue weighted by atomic mass is 16.2. The van der Waals surface area contributed by atoms with Crippen LogP contribution in [-0.4, -0.2) is 30.6 Å². The van der Waals surface area contributed by atoms with Gasteiger partial charge in [0.15, 0.2) is 5.82 Å². The Hall–Kier alpha value is -3.81. The van der Waals surface area contributed by atoms with Gasteiger partial charge in [-0.05, 0) is 25.1 Å². The van der Waals surface area contributed by atoms with Crippen molar-refractivity contribution in [3.05, 3.63) is 76.5 Å². The van der Waals surface area contributed by atoms with Crippen molar-refractivity contribution in [1.29, 1.82) is 0 Å². The molecule has 4 rings (SSSR count). The van der Waals surface area contributed by atoms with Crippen LogP contribution in [0.2, 0.25) is 0 Å². The second kappa shape index (κ2) is 7.43. The second-order valence-electron chi connectivity index (χ2n) is 6.15. The summed E-state index contributed by atoms with van der Waals surface area (Å²) in [5.41, 5.74) is 1.72. The van der Waals surface area contributed by atoms with Crippen molar-refractivity contribution in [2.24, 2.45) is 0 Å². The number of hydrogen-bond acceptors (Lipinski definition) is 5. The van der Waals surface area contributed by atoms with Crippen LogP contribution in [0.15, 0.2) is 59.7 Å². The molecule has 1 aromatic carbocycles. The van der Waals surface area contributed by atoms with Gasteiger partial charge in [0, 0.05) is 24.3 Å². The number of H-pyrrole nitrogens is 1. The zero-order valence-electron chi connectivity index (χ0n) is 15.2. The Morgan fingerprint density at radius 1 is 1.14 bits per heavy atom. The molecule has 0 unspecified atom stereocenters. The summed E-state index contributed by atoms with van der Waals surface area (Å²) in [6, 6.07) is 13.1. The Balaban J connectivity index is 1.54. The maximum Gasteiger partial charge on any atom is 0.264 e. The molecule has 1 amide bonds. The molecule has 140 valence electrons. The highest BCUT2D eigenvalue weighted by Crippen LogP contribution is 2.18. The van der Waals surface area contributed by atoms with Crippen molar-refractivity contribution in [2.45, 2.75) is 20.0 Å². The van der Waals surface area contributed by atoms with Crippen LogP contribution >= 0.6 is 0 Å². The number of carbonyl (C=O) groups is 1. The predicted molar refractivity (Wildman–Crippen MR) is 105 cm³/mol. The van der Waals surface area contributed by atoms with Crippen LogP contribution in [0.4, 0.5) is 0 Å². The van der Waals surface area contributed by atoms with Gasteiger partial charge < -0.3 is 10.3 Å². The first-order valence-electron chi connectivity index (χ1n) is 8.90. The lowest BCUT2D eigenvalue weighted by Gasteiger charge is -2.04. The van der Waals surface area contributed by atoms with Crippen LogP contribution < -0.4 is 10.9 Å². The number of nitrogens with zero attached hydrogens (tertiary/aromatic N) is 4. The average Bonchev–Trinajstić information content (AvgIpc) is 3.10. The van der Waals surface area contributed by atoms with Crippen molar-refractivity contribution in [3.63, 3.8) is 0 Å². The van der Waals surface area contributed by atoms with E-state index in [0.717, 1.165) is 23.1 Å². The fourth-order valence-electron chi connectivity index (χ4n) is 3.02. The number of aromatic amines is 1. The molecule has 0 atom stereocenters. The first kappa shape index (κ1) is 17.6. The van der Waals surface area contributed by atoms with Gasteiger partial charge in [-0.3, -0.25) is 19.3 Å². The summed E-state index contributed by atoms with van der Waals surface area (Å²) >= 11 is 0. The third-order valence-corrected chi connectivity index (χ3v) is 4.40. The monoisotopic (exact) mass is 374 g/mol. The molecule has 8 nitrogen and oxygen atoms in total. The van der Waals surface area contributed by atoms with Gasteiger partial charge in [-0.1, -0.05) is 24.3 Å². The van der Waals surface area contributed by atoms with Gasteiger partial charge in [-0.2, -0.15) is 5.10 Å². The first-order valence-corrected chi connectivity index (χ1v) is 8.90. The van der Waals surface area contributed by atoms with E-state index in [1.165, 1.54) is 6.20 Å². The van der Waals surface area contributed by atoms with E-state index >= 15 is 0 Å². The summed E-state index contributed by atoms with van der Waals surface area (Å²) < 4.78 is 1.88. The first-order chi connectivity index (χ1) is 13.7. The third-order valence-electron chi connectivity index (χ3n) is 4.40. The molecule has 8 heteroatoms. The number of rotatable bonds is 5. The van der Waals surface area contributed by atoms with Crippen LogP contribution in [0.5, 0.6) is 0 Å². The zero-order valence-corrected chi connectivity index (χ0v) is 15.2. The molecule has 0 fully saturated rings. The quantitative estimate of drug-likeness (QED) is 0.557. The number of pyridine rings is 1. The fraction of sp³-hybridized carbons (Fsp3) is 0.150. The maximum absolute atomic E-state index is 12.5. The maximum atomic E-state index is 12.5. The van der Waals surface area contributed by atoms with Crippen molar-refractivity contribution in [2.75, 3.05) is 0 Å². The molecule has 0 radical (unpaired) electrons. The molecule has 0 saturated heterocycles. The Morgan fingerprint density at radius 2 is 1.96 bits per heavy atom. The molecule has 0 aliphatic rings. The molecule has 0 aliphatic heterocycles. The smallest absolute Gasteiger partial charge is 0.264 e. The molecular weight excluding hydrogens is 356 g/mol. The number of aryl methyl sites for hydroxylation is 1. The summed E-state index contributed by atoms with van der Waals surface area (Å²) in [6.45, 7) is 2.96. The minimum absolute atomic E-state index is 0.0566. The molecular formula is C20H18N6O2. The van der Waals surface area contributed by atoms with Crippen LogP contribution in [0, 0.1) is 0 Å². The summed E-state index contributed by atoms with van der Waals surface area (Å²) in [5.74, 6) is -0.189. The summed E-state index contributed by atoms with van der Waals surface area (Å²) in [5, 5.41) is 8.27. The number of nitrogens with one attached hydrogen (secondary N) is 2. The molecule has 0 spiro atoms. The lowest BCUT2D eigenvalue weighted by molar-refractivity contribution is 0.0948. The molecule has 3 aromatic heterocycles. The van der Waals surface area contributed by atoms with E-state index in [4.69, 9.17) is 0 Å². The largest absolute Gasteiger partial charge is 0.346 e. The van der Waals surface area contributed by atoms with Gasteiger partial charge in [-0.25, -0.2) is 4.98 Å². The lowest BCUT2D eigenvalue weighted by atomic mass is 10.2. The van der Waals surface area contributed by atoms with Gasteiger partial charge in [-0.15, -0.1) is 0 Å². The van der Waals surface area contributed by atoms with Crippen molar-refractivity contribution < 1.29 is 4.79 Å². The average molecular weight is 374 g/mol. The van der Waals surface area contributed by atoms with Crippen LogP contribution in [0.25, 0.3) is 22.4 Å². The van der Waals surface area contributed by atoms with E-state index in [1.807, 2.05) is 35.9 Å². The number of para-hydroxylation sites is 1. The number of hydrogen-bond donors (Lipinski definition) is 2. The van der Waals surface area contributed by atoms with Crippen LogP contribution in [-0.2, 0) is 13.1 Å². The summed E-state index contributed by atoms with van der Waals surface area (Å²) in [4.78, 5) is 35.7. The molecule has 4 aromatic rings. The molecule has 0 aliphatic carbocycles. The lowest BCUT2D eigenvalue weighted by Crippen LogP contribution is -2.30. The van der Waals surface area contributed by atoms with Gasteiger partial charge in [0.1, 0.15) is 11.3 Å². The number of carbonyl (C=O) groups excluding carboxylic acids is 1. The summed E-state index contributed by atoms with van der Waals surface area (Å²) in [7, 11) is 0. The predicted octanol–water partition coefficient (Wildman–Crippen LogP) is 2.13. The van der Waals surface area contributed by atoms with Crippen LogP contribution in [0.1, 0.15) is 23.0 Å². The van der Waals surface area contributed by atoms with E-state index in [0.29, 0.717) is 11.5 Å². The standard InChI is InChI=1S/C20H18N6O2/c1-2-26-17-9-4-3-7-13(17)16(25-26)12-23-19(27)14-11-22-18(24-20(14)28)15-8-5-6-10-21-15/h3-11H,2,12H2,1H3,(H,23,27)(H,22,24,28). The second-order valence-corrected chi connectivity index (χ2v) is 6.15. The van der Waals surface area contributed by atoms with E-state index in [1.54, 1.807) is 24.4 Å². The highest BCUT2D eigenvalue weighted by Gasteiger charge is 2.15. The van der Waals surface area contributed by atoms with E-state index < -0.39 is 11.5 Å².